The monoisotopic (exact) mass is 331 g/mol. The van der Waals surface area contributed by atoms with Crippen LogP contribution >= 0.6 is 15.9 Å². The minimum absolute atomic E-state index is 0.717. The summed E-state index contributed by atoms with van der Waals surface area (Å²) in [5.74, 6) is 1.70. The van der Waals surface area contributed by atoms with E-state index in [-0.39, 0.29) is 0 Å². The van der Waals surface area contributed by atoms with Gasteiger partial charge < -0.3 is 15.0 Å². The number of aryl methyl sites for hydroxylation is 1. The van der Waals surface area contributed by atoms with Gasteiger partial charge in [-0.05, 0) is 46.3 Å². The average Bonchev–Trinajstić information content (AvgIpc) is 2.78. The van der Waals surface area contributed by atoms with E-state index < -0.39 is 0 Å². The van der Waals surface area contributed by atoms with Crippen molar-refractivity contribution in [2.75, 3.05) is 12.8 Å². The Bertz CT molecular complexity index is 795. The standard InChI is InChI=1S/C15H14BrN3O/c1-19-14-6-4-10(20-2)8-13(14)18-15(19)9-3-5-12(17)11(16)7-9/h3-8H,17H2,1-2H3. The highest BCUT2D eigenvalue weighted by atomic mass is 79.9. The number of nitrogen functional groups attached to an aromatic ring is 1. The van der Waals surface area contributed by atoms with Crippen molar-refractivity contribution in [2.45, 2.75) is 0 Å². The van der Waals surface area contributed by atoms with Gasteiger partial charge in [-0.3, -0.25) is 0 Å². The molecule has 2 N–H and O–H groups in total. The molecule has 5 heteroatoms. The fourth-order valence-electron chi connectivity index (χ4n) is 2.23. The normalized spacial score (nSPS) is 10.9. The molecule has 102 valence electrons. The quantitative estimate of drug-likeness (QED) is 0.730. The fourth-order valence-corrected chi connectivity index (χ4v) is 2.61. The summed E-state index contributed by atoms with van der Waals surface area (Å²) in [6.07, 6.45) is 0. The smallest absolute Gasteiger partial charge is 0.140 e. The summed E-state index contributed by atoms with van der Waals surface area (Å²) in [6.45, 7) is 0. The third-order valence-electron chi connectivity index (χ3n) is 3.35. The van der Waals surface area contributed by atoms with Crippen molar-refractivity contribution < 1.29 is 4.74 Å². The number of fused-ring (bicyclic) bond motifs is 1. The Labute approximate surface area is 125 Å². The number of hydrogen-bond acceptors (Lipinski definition) is 3. The first-order chi connectivity index (χ1) is 9.60. The number of aromatic nitrogens is 2. The minimum atomic E-state index is 0.717. The Balaban J connectivity index is 2.20. The van der Waals surface area contributed by atoms with Crippen molar-refractivity contribution in [3.8, 4) is 17.1 Å². The molecule has 0 atom stereocenters. The molecular weight excluding hydrogens is 318 g/mol. The lowest BCUT2D eigenvalue weighted by Crippen LogP contribution is -1.93. The van der Waals surface area contributed by atoms with Crippen LogP contribution in [0.2, 0.25) is 0 Å². The Kier molecular flexibility index (Phi) is 3.14. The lowest BCUT2D eigenvalue weighted by molar-refractivity contribution is 0.415. The minimum Gasteiger partial charge on any atom is -0.497 e. The number of benzene rings is 2. The molecule has 0 spiro atoms. The predicted octanol–water partition coefficient (Wildman–Crippen LogP) is 3.59. The van der Waals surface area contributed by atoms with Gasteiger partial charge in [-0.15, -0.1) is 0 Å². The van der Waals surface area contributed by atoms with Crippen molar-refractivity contribution in [3.05, 3.63) is 40.9 Å². The first kappa shape index (κ1) is 13.0. The number of rotatable bonds is 2. The molecule has 1 heterocycles. The number of nitrogens with two attached hydrogens (primary N) is 1. The Hall–Kier alpha value is -2.01. The molecule has 2 aromatic carbocycles. The van der Waals surface area contributed by atoms with Gasteiger partial charge >= 0.3 is 0 Å². The van der Waals surface area contributed by atoms with Gasteiger partial charge in [0.05, 0.1) is 18.1 Å². The summed E-state index contributed by atoms with van der Waals surface area (Å²) in [6, 6.07) is 11.7. The van der Waals surface area contributed by atoms with E-state index in [9.17, 15) is 0 Å². The second-order valence-electron chi connectivity index (χ2n) is 4.59. The average molecular weight is 332 g/mol. The summed E-state index contributed by atoms with van der Waals surface area (Å²) < 4.78 is 8.18. The van der Waals surface area contributed by atoms with Crippen LogP contribution in [0.5, 0.6) is 5.75 Å². The van der Waals surface area contributed by atoms with Gasteiger partial charge in [0.2, 0.25) is 0 Å². The van der Waals surface area contributed by atoms with Crippen LogP contribution in [0, 0.1) is 0 Å². The zero-order valence-electron chi connectivity index (χ0n) is 11.2. The highest BCUT2D eigenvalue weighted by Gasteiger charge is 2.11. The van der Waals surface area contributed by atoms with Crippen LogP contribution in [0.25, 0.3) is 22.4 Å². The van der Waals surface area contributed by atoms with Crippen molar-refractivity contribution in [1.29, 1.82) is 0 Å². The van der Waals surface area contributed by atoms with Crippen molar-refractivity contribution >= 4 is 32.7 Å². The summed E-state index contributed by atoms with van der Waals surface area (Å²) >= 11 is 3.45. The van der Waals surface area contributed by atoms with Crippen LogP contribution in [0.15, 0.2) is 40.9 Å². The molecule has 0 saturated heterocycles. The zero-order valence-corrected chi connectivity index (χ0v) is 12.8. The molecule has 0 aliphatic carbocycles. The molecule has 3 aromatic rings. The number of methoxy groups -OCH3 is 1. The molecule has 1 aromatic heterocycles. The van der Waals surface area contributed by atoms with E-state index in [4.69, 9.17) is 10.5 Å². The molecule has 0 fully saturated rings. The molecule has 0 saturated carbocycles. The van der Waals surface area contributed by atoms with Gasteiger partial charge in [0.15, 0.2) is 0 Å². The van der Waals surface area contributed by atoms with Crippen LogP contribution in [0.4, 0.5) is 5.69 Å². The molecule has 3 rings (SSSR count). The van der Waals surface area contributed by atoms with Crippen molar-refractivity contribution in [3.63, 3.8) is 0 Å². The SMILES string of the molecule is COc1ccc2c(c1)nc(-c1ccc(N)c(Br)c1)n2C. The van der Waals surface area contributed by atoms with Crippen LogP contribution < -0.4 is 10.5 Å². The summed E-state index contributed by atoms with van der Waals surface area (Å²) in [5.41, 5.74) is 9.54. The largest absolute Gasteiger partial charge is 0.497 e. The van der Waals surface area contributed by atoms with E-state index in [0.717, 1.165) is 32.6 Å². The van der Waals surface area contributed by atoms with E-state index in [1.165, 1.54) is 0 Å². The summed E-state index contributed by atoms with van der Waals surface area (Å²) in [7, 11) is 3.66. The molecule has 4 nitrogen and oxygen atoms in total. The highest BCUT2D eigenvalue weighted by Crippen LogP contribution is 2.30. The maximum atomic E-state index is 5.83. The molecular formula is C15H14BrN3O. The molecule has 0 unspecified atom stereocenters. The highest BCUT2D eigenvalue weighted by molar-refractivity contribution is 9.10. The van der Waals surface area contributed by atoms with Gasteiger partial charge in [0.1, 0.15) is 11.6 Å². The first-order valence-electron chi connectivity index (χ1n) is 6.16. The second kappa shape index (κ2) is 4.83. The number of anilines is 1. The Morgan fingerprint density at radius 1 is 1.20 bits per heavy atom. The molecule has 0 amide bonds. The molecule has 0 aliphatic rings. The molecule has 0 aliphatic heterocycles. The van der Waals surface area contributed by atoms with Gasteiger partial charge in [0.25, 0.3) is 0 Å². The third kappa shape index (κ3) is 2.04. The zero-order chi connectivity index (χ0) is 14.3. The van der Waals surface area contributed by atoms with Gasteiger partial charge in [-0.2, -0.15) is 0 Å². The first-order valence-corrected chi connectivity index (χ1v) is 6.95. The van der Waals surface area contributed by atoms with Gasteiger partial charge in [-0.25, -0.2) is 4.98 Å². The van der Waals surface area contributed by atoms with E-state index in [0.29, 0.717) is 5.69 Å². The van der Waals surface area contributed by atoms with E-state index in [1.807, 2.05) is 43.4 Å². The Morgan fingerprint density at radius 3 is 2.70 bits per heavy atom. The predicted molar refractivity (Wildman–Crippen MR) is 84.8 cm³/mol. The third-order valence-corrected chi connectivity index (χ3v) is 4.03. The lowest BCUT2D eigenvalue weighted by atomic mass is 10.2. The molecule has 0 radical (unpaired) electrons. The van der Waals surface area contributed by atoms with E-state index in [1.54, 1.807) is 7.11 Å². The number of nitrogens with zero attached hydrogens (tertiary/aromatic N) is 2. The number of ether oxygens (including phenoxy) is 1. The molecule has 20 heavy (non-hydrogen) atoms. The topological polar surface area (TPSA) is 53.1 Å². The Morgan fingerprint density at radius 2 is 2.00 bits per heavy atom. The second-order valence-corrected chi connectivity index (χ2v) is 5.44. The maximum absolute atomic E-state index is 5.83. The van der Waals surface area contributed by atoms with Gasteiger partial charge in [-0.1, -0.05) is 0 Å². The van der Waals surface area contributed by atoms with Crippen molar-refractivity contribution in [2.24, 2.45) is 7.05 Å². The van der Waals surface area contributed by atoms with Gasteiger partial charge in [0, 0.05) is 28.8 Å². The summed E-state index contributed by atoms with van der Waals surface area (Å²) in [5, 5.41) is 0. The number of hydrogen-bond donors (Lipinski definition) is 1. The lowest BCUT2D eigenvalue weighted by Gasteiger charge is -2.05. The molecule has 0 bridgehead atoms. The van der Waals surface area contributed by atoms with Crippen LogP contribution in [0.1, 0.15) is 0 Å². The summed E-state index contributed by atoms with van der Waals surface area (Å²) in [4.78, 5) is 4.68. The van der Waals surface area contributed by atoms with Crippen LogP contribution in [-0.4, -0.2) is 16.7 Å². The van der Waals surface area contributed by atoms with Crippen LogP contribution in [-0.2, 0) is 7.05 Å². The van der Waals surface area contributed by atoms with E-state index in [2.05, 4.69) is 25.5 Å². The number of halogens is 1. The van der Waals surface area contributed by atoms with Crippen LogP contribution in [0.3, 0.4) is 0 Å². The fraction of sp³-hybridized carbons (Fsp3) is 0.133. The maximum Gasteiger partial charge on any atom is 0.140 e. The number of imidazole rings is 1. The van der Waals surface area contributed by atoms with Crippen molar-refractivity contribution in [1.82, 2.24) is 9.55 Å². The van der Waals surface area contributed by atoms with E-state index >= 15 is 0 Å².